The second-order valence-electron chi connectivity index (χ2n) is 4.11. The maximum atomic E-state index is 5.66. The van der Waals surface area contributed by atoms with Crippen LogP contribution in [-0.4, -0.2) is 50.8 Å². The fourth-order valence-corrected chi connectivity index (χ4v) is 2.41. The third kappa shape index (κ3) is 1.16. The van der Waals surface area contributed by atoms with Gasteiger partial charge in [-0.05, 0) is 20.0 Å². The van der Waals surface area contributed by atoms with Gasteiger partial charge in [-0.25, -0.2) is 0 Å². The van der Waals surface area contributed by atoms with Crippen molar-refractivity contribution >= 4 is 0 Å². The minimum Gasteiger partial charge on any atom is -0.376 e. The highest BCUT2D eigenvalue weighted by molar-refractivity contribution is 5.00. The molecule has 2 saturated heterocycles. The summed E-state index contributed by atoms with van der Waals surface area (Å²) in [5.41, 5.74) is 0.159. The third-order valence-electron chi connectivity index (χ3n) is 3.36. The molecule has 2 aliphatic heterocycles. The molecule has 2 rings (SSSR count). The van der Waals surface area contributed by atoms with Gasteiger partial charge >= 0.3 is 0 Å². The molecule has 0 bridgehead atoms. The number of hydrogen-bond donors (Lipinski definition) is 1. The van der Waals surface area contributed by atoms with Gasteiger partial charge in [0, 0.05) is 32.7 Å². The van der Waals surface area contributed by atoms with Crippen LogP contribution < -0.4 is 5.32 Å². The molecule has 1 unspecified atom stereocenters. The van der Waals surface area contributed by atoms with E-state index in [1.54, 1.807) is 0 Å². The second-order valence-corrected chi connectivity index (χ2v) is 4.11. The van der Waals surface area contributed by atoms with Crippen LogP contribution in [0, 0.1) is 5.92 Å². The summed E-state index contributed by atoms with van der Waals surface area (Å²) in [6, 6.07) is 0. The van der Waals surface area contributed by atoms with E-state index in [1.165, 1.54) is 19.5 Å². The zero-order valence-electron chi connectivity index (χ0n) is 7.97. The molecule has 2 fully saturated rings. The largest absolute Gasteiger partial charge is 0.376 e. The van der Waals surface area contributed by atoms with Crippen molar-refractivity contribution in [2.45, 2.75) is 12.0 Å². The Morgan fingerprint density at radius 1 is 1.50 bits per heavy atom. The predicted octanol–water partition coefficient (Wildman–Crippen LogP) is -0.0735. The number of rotatable bonds is 2. The number of nitrogens with one attached hydrogen (secondary N) is 1. The Labute approximate surface area is 74.1 Å². The average Bonchev–Trinajstić information content (AvgIpc) is 2.48. The van der Waals surface area contributed by atoms with Crippen molar-refractivity contribution in [3.8, 4) is 0 Å². The van der Waals surface area contributed by atoms with Crippen LogP contribution in [0.2, 0.25) is 0 Å². The Morgan fingerprint density at radius 2 is 2.25 bits per heavy atom. The van der Waals surface area contributed by atoms with Crippen molar-refractivity contribution in [3.05, 3.63) is 0 Å². The molecule has 3 heteroatoms. The lowest BCUT2D eigenvalue weighted by atomic mass is 9.81. The van der Waals surface area contributed by atoms with Crippen LogP contribution >= 0.6 is 0 Å². The Balaban J connectivity index is 1.98. The van der Waals surface area contributed by atoms with Crippen LogP contribution in [-0.2, 0) is 4.74 Å². The van der Waals surface area contributed by atoms with E-state index in [4.69, 9.17) is 4.74 Å². The molecule has 0 saturated carbocycles. The molecule has 0 amide bonds. The van der Waals surface area contributed by atoms with Crippen LogP contribution in [0.4, 0.5) is 0 Å². The van der Waals surface area contributed by atoms with E-state index in [2.05, 4.69) is 17.3 Å². The Bertz CT molecular complexity index is 160. The molecule has 0 aliphatic carbocycles. The summed E-state index contributed by atoms with van der Waals surface area (Å²) in [6.07, 6.45) is 1.18. The van der Waals surface area contributed by atoms with Gasteiger partial charge in [0.1, 0.15) is 0 Å². The van der Waals surface area contributed by atoms with Gasteiger partial charge in [-0.3, -0.25) is 0 Å². The Hall–Kier alpha value is -0.120. The van der Waals surface area contributed by atoms with Crippen molar-refractivity contribution in [3.63, 3.8) is 0 Å². The molecule has 0 radical (unpaired) electrons. The Morgan fingerprint density at radius 3 is 2.67 bits per heavy atom. The lowest BCUT2D eigenvalue weighted by Crippen LogP contribution is -2.58. The summed E-state index contributed by atoms with van der Waals surface area (Å²) in [6.45, 7) is 4.57. The first-order valence-corrected chi connectivity index (χ1v) is 4.71. The number of likely N-dealkylation sites (tertiary alicyclic amines) is 1. The van der Waals surface area contributed by atoms with Gasteiger partial charge < -0.3 is 15.0 Å². The van der Waals surface area contributed by atoms with Gasteiger partial charge in [-0.2, -0.15) is 0 Å². The minimum atomic E-state index is 0.159. The standard InChI is InChI=1S/C9H18N2O/c1-11-5-8(6-11)9(12-2)3-4-10-7-9/h8,10H,3-7H2,1-2H3. The van der Waals surface area contributed by atoms with Crippen LogP contribution in [0.5, 0.6) is 0 Å². The molecular weight excluding hydrogens is 152 g/mol. The average molecular weight is 170 g/mol. The van der Waals surface area contributed by atoms with E-state index in [-0.39, 0.29) is 5.60 Å². The Kier molecular flexibility index (Phi) is 2.10. The number of hydrogen-bond acceptors (Lipinski definition) is 3. The van der Waals surface area contributed by atoms with Crippen molar-refractivity contribution in [1.29, 1.82) is 0 Å². The number of ether oxygens (including phenoxy) is 1. The topological polar surface area (TPSA) is 24.5 Å². The van der Waals surface area contributed by atoms with Gasteiger partial charge in [0.25, 0.3) is 0 Å². The van der Waals surface area contributed by atoms with Crippen molar-refractivity contribution in [1.82, 2.24) is 10.2 Å². The first-order chi connectivity index (χ1) is 5.77. The van der Waals surface area contributed by atoms with Crippen LogP contribution in [0.25, 0.3) is 0 Å². The van der Waals surface area contributed by atoms with Crippen LogP contribution in [0.15, 0.2) is 0 Å². The van der Waals surface area contributed by atoms with Gasteiger partial charge in [0.05, 0.1) is 5.60 Å². The summed E-state index contributed by atoms with van der Waals surface area (Å²) in [7, 11) is 4.02. The zero-order valence-corrected chi connectivity index (χ0v) is 7.97. The highest BCUT2D eigenvalue weighted by Gasteiger charge is 2.46. The summed E-state index contributed by atoms with van der Waals surface area (Å²) in [5.74, 6) is 0.752. The molecular formula is C9H18N2O. The smallest absolute Gasteiger partial charge is 0.0866 e. The van der Waals surface area contributed by atoms with Gasteiger partial charge in [-0.1, -0.05) is 0 Å². The fourth-order valence-electron chi connectivity index (χ4n) is 2.41. The maximum Gasteiger partial charge on any atom is 0.0866 e. The quantitative estimate of drug-likeness (QED) is 0.627. The summed E-state index contributed by atoms with van der Waals surface area (Å²) >= 11 is 0. The minimum absolute atomic E-state index is 0.159. The lowest BCUT2D eigenvalue weighted by Gasteiger charge is -2.46. The van der Waals surface area contributed by atoms with Crippen molar-refractivity contribution < 1.29 is 4.74 Å². The fraction of sp³-hybridized carbons (Fsp3) is 1.00. The lowest BCUT2D eigenvalue weighted by molar-refractivity contribution is -0.0920. The van der Waals surface area contributed by atoms with Crippen LogP contribution in [0.3, 0.4) is 0 Å². The van der Waals surface area contributed by atoms with Crippen LogP contribution in [0.1, 0.15) is 6.42 Å². The summed E-state index contributed by atoms with van der Waals surface area (Å²) in [4.78, 5) is 2.35. The van der Waals surface area contributed by atoms with E-state index < -0.39 is 0 Å². The molecule has 0 spiro atoms. The van der Waals surface area contributed by atoms with E-state index in [0.29, 0.717) is 0 Å². The number of nitrogens with zero attached hydrogens (tertiary/aromatic N) is 1. The highest BCUT2D eigenvalue weighted by Crippen LogP contribution is 2.33. The molecule has 0 aromatic heterocycles. The second kappa shape index (κ2) is 2.98. The molecule has 0 aromatic carbocycles. The molecule has 1 N–H and O–H groups in total. The SMILES string of the molecule is COC1(C2CN(C)C2)CCNC1. The summed E-state index contributed by atoms with van der Waals surface area (Å²) < 4.78 is 5.66. The molecule has 2 aliphatic rings. The molecule has 12 heavy (non-hydrogen) atoms. The van der Waals surface area contributed by atoms with Gasteiger partial charge in [0.15, 0.2) is 0 Å². The van der Waals surface area contributed by atoms with Crippen molar-refractivity contribution in [2.75, 3.05) is 40.3 Å². The van der Waals surface area contributed by atoms with E-state index in [0.717, 1.165) is 19.0 Å². The number of methoxy groups -OCH3 is 1. The monoisotopic (exact) mass is 170 g/mol. The first kappa shape index (κ1) is 8.48. The highest BCUT2D eigenvalue weighted by atomic mass is 16.5. The molecule has 0 aromatic rings. The molecule has 1 atom stereocenters. The summed E-state index contributed by atoms with van der Waals surface area (Å²) in [5, 5.41) is 3.38. The van der Waals surface area contributed by atoms with Gasteiger partial charge in [-0.15, -0.1) is 0 Å². The maximum absolute atomic E-state index is 5.66. The molecule has 70 valence electrons. The third-order valence-corrected chi connectivity index (χ3v) is 3.36. The zero-order chi connectivity index (χ0) is 8.60. The van der Waals surface area contributed by atoms with Gasteiger partial charge in [0.2, 0.25) is 0 Å². The predicted molar refractivity (Wildman–Crippen MR) is 48.2 cm³/mol. The van der Waals surface area contributed by atoms with E-state index in [9.17, 15) is 0 Å². The molecule has 2 heterocycles. The van der Waals surface area contributed by atoms with E-state index >= 15 is 0 Å². The van der Waals surface area contributed by atoms with E-state index in [1.807, 2.05) is 7.11 Å². The normalized spacial score (nSPS) is 38.5. The van der Waals surface area contributed by atoms with Crippen molar-refractivity contribution in [2.24, 2.45) is 5.92 Å². The first-order valence-electron chi connectivity index (χ1n) is 4.71. The molecule has 3 nitrogen and oxygen atoms in total.